The van der Waals surface area contributed by atoms with Crippen LogP contribution in [0.25, 0.3) is 27.7 Å². The molecule has 5 aromatic rings. The summed E-state index contributed by atoms with van der Waals surface area (Å²) in [5, 5.41) is 10.4. The number of allylic oxidation sites excluding steroid dienone is 1. The van der Waals surface area contributed by atoms with Gasteiger partial charge in [0.2, 0.25) is 11.9 Å². The molecule has 1 N–H and O–H groups in total. The zero-order chi connectivity index (χ0) is 34.0. The zero-order valence-electron chi connectivity index (χ0n) is 28.7. The third-order valence-electron chi connectivity index (χ3n) is 9.32. The van der Waals surface area contributed by atoms with Crippen LogP contribution in [0, 0.1) is 0 Å². The van der Waals surface area contributed by atoms with Crippen LogP contribution in [0.3, 0.4) is 0 Å². The number of piperidine rings is 1. The number of nitrogens with zero attached hydrogens (tertiary/aromatic N) is 7. The van der Waals surface area contributed by atoms with Gasteiger partial charge in [0, 0.05) is 68.2 Å². The molecule has 0 amide bonds. The fraction of sp³-hybridized carbons (Fsp3) is 0.395. The molecule has 11 heteroatoms. The molecule has 0 bridgehead atoms. The number of likely N-dealkylation sites (N-methyl/N-ethyl adjacent to an activating group) is 1. The van der Waals surface area contributed by atoms with Crippen LogP contribution >= 0.6 is 0 Å². The Balaban J connectivity index is 1.15. The lowest BCUT2D eigenvalue weighted by atomic mass is 9.97. The molecule has 2 fully saturated rings. The van der Waals surface area contributed by atoms with Crippen LogP contribution in [0.5, 0.6) is 0 Å². The molecule has 0 radical (unpaired) electrons. The Bertz CT molecular complexity index is 1990. The van der Waals surface area contributed by atoms with Crippen molar-refractivity contribution in [3.63, 3.8) is 0 Å². The second-order valence-electron chi connectivity index (χ2n) is 13.5. The van der Waals surface area contributed by atoms with Crippen LogP contribution in [0.2, 0.25) is 0 Å². The van der Waals surface area contributed by atoms with Gasteiger partial charge in [-0.25, -0.2) is 0 Å². The number of pyridine rings is 1. The fourth-order valence-corrected chi connectivity index (χ4v) is 6.67. The molecule has 0 aliphatic carbocycles. The lowest BCUT2D eigenvalue weighted by Crippen LogP contribution is -2.45. The summed E-state index contributed by atoms with van der Waals surface area (Å²) in [5.74, 6) is 1.19. The lowest BCUT2D eigenvalue weighted by molar-refractivity contribution is -0.169. The monoisotopic (exact) mass is 660 g/mol. The van der Waals surface area contributed by atoms with Gasteiger partial charge in [0.15, 0.2) is 17.2 Å². The molecule has 7 rings (SSSR count). The van der Waals surface area contributed by atoms with E-state index in [-0.39, 0.29) is 11.7 Å². The molecule has 11 nitrogen and oxygen atoms in total. The number of benzene rings is 2. The molecule has 254 valence electrons. The second-order valence-corrected chi connectivity index (χ2v) is 13.5. The highest BCUT2D eigenvalue weighted by Crippen LogP contribution is 2.34. The molecule has 3 aromatic heterocycles. The Kier molecular flexibility index (Phi) is 9.40. The summed E-state index contributed by atoms with van der Waals surface area (Å²) in [6.07, 6.45) is 9.23. The Morgan fingerprint density at radius 1 is 1.06 bits per heavy atom. The van der Waals surface area contributed by atoms with E-state index in [9.17, 15) is 4.79 Å². The summed E-state index contributed by atoms with van der Waals surface area (Å²) >= 11 is 0. The van der Waals surface area contributed by atoms with Gasteiger partial charge < -0.3 is 24.6 Å². The van der Waals surface area contributed by atoms with E-state index in [1.165, 1.54) is 0 Å². The molecule has 2 aromatic carbocycles. The number of carbonyl (C=O) groups excluding carboxylic acids is 1. The summed E-state index contributed by atoms with van der Waals surface area (Å²) in [6.45, 7) is 8.36. The predicted octanol–water partition coefficient (Wildman–Crippen LogP) is 5.65. The quantitative estimate of drug-likeness (QED) is 0.179. The standard InChI is InChI=1S/C38H44N8O3/c1-26(2)33-25-41-46-35(33)42-37(45-18-14-38(15-19-45)48-20-21-49-38)43-36(46)40-24-29-8-5-6-10-31(29)34-32-12-11-27(22-28(32)13-16-39-34)23-30(47)9-7-17-44(3)4/h5-13,16,22,25-26H,14-15,17-21,23-24H2,1-4H3,(H,40,42,43)/b9-7+. The van der Waals surface area contributed by atoms with E-state index in [0.717, 1.165) is 76.8 Å². The third kappa shape index (κ3) is 7.05. The van der Waals surface area contributed by atoms with Crippen LogP contribution in [0.4, 0.5) is 11.9 Å². The summed E-state index contributed by atoms with van der Waals surface area (Å²) in [5.41, 5.74) is 5.87. The van der Waals surface area contributed by atoms with Crippen LogP contribution in [-0.4, -0.2) is 88.0 Å². The molecule has 49 heavy (non-hydrogen) atoms. The summed E-state index contributed by atoms with van der Waals surface area (Å²) in [4.78, 5) is 31.7. The predicted molar refractivity (Wildman–Crippen MR) is 192 cm³/mol. The third-order valence-corrected chi connectivity index (χ3v) is 9.32. The lowest BCUT2D eigenvalue weighted by Gasteiger charge is -2.37. The van der Waals surface area contributed by atoms with E-state index < -0.39 is 5.79 Å². The Hall–Kier alpha value is -4.71. The molecule has 2 aliphatic rings. The van der Waals surface area contributed by atoms with E-state index in [0.29, 0.717) is 38.1 Å². The maximum absolute atomic E-state index is 12.6. The molecule has 0 unspecified atom stereocenters. The fourth-order valence-electron chi connectivity index (χ4n) is 6.67. The van der Waals surface area contributed by atoms with Crippen molar-refractivity contribution >= 4 is 34.1 Å². The minimum Gasteiger partial charge on any atom is -0.350 e. The molecule has 1 spiro atoms. The SMILES string of the molecule is CC(C)c1cnn2c(NCc3ccccc3-c3nccc4cc(CC(=O)/C=C/CN(C)C)ccc34)nc(N3CCC4(CC3)OCCO4)nc12. The van der Waals surface area contributed by atoms with Crippen LogP contribution in [0.1, 0.15) is 49.3 Å². The number of rotatable bonds is 11. The van der Waals surface area contributed by atoms with Crippen LogP contribution < -0.4 is 10.2 Å². The topological polar surface area (TPSA) is 110 Å². The number of nitrogens with one attached hydrogen (secondary N) is 1. The van der Waals surface area contributed by atoms with Crippen molar-refractivity contribution in [2.24, 2.45) is 0 Å². The van der Waals surface area contributed by atoms with Gasteiger partial charge in [-0.15, -0.1) is 0 Å². The van der Waals surface area contributed by atoms with Gasteiger partial charge in [-0.3, -0.25) is 9.78 Å². The highest BCUT2D eigenvalue weighted by molar-refractivity contribution is 5.97. The first kappa shape index (κ1) is 32.8. The minimum absolute atomic E-state index is 0.0904. The Morgan fingerprint density at radius 3 is 2.63 bits per heavy atom. The van der Waals surface area contributed by atoms with E-state index in [4.69, 9.17) is 29.5 Å². The average molecular weight is 661 g/mol. The number of ketones is 1. The number of anilines is 2. The Morgan fingerprint density at radius 2 is 1.86 bits per heavy atom. The first-order chi connectivity index (χ1) is 23.8. The van der Waals surface area contributed by atoms with Crippen molar-refractivity contribution in [1.29, 1.82) is 0 Å². The van der Waals surface area contributed by atoms with Crippen molar-refractivity contribution in [3.8, 4) is 11.3 Å². The highest BCUT2D eigenvalue weighted by atomic mass is 16.7. The van der Waals surface area contributed by atoms with Crippen molar-refractivity contribution in [1.82, 2.24) is 29.5 Å². The largest absolute Gasteiger partial charge is 0.350 e. The summed E-state index contributed by atoms with van der Waals surface area (Å²) < 4.78 is 13.7. The molecule has 0 atom stereocenters. The number of aromatic nitrogens is 5. The van der Waals surface area contributed by atoms with Gasteiger partial charge in [-0.05, 0) is 48.7 Å². The summed E-state index contributed by atoms with van der Waals surface area (Å²) in [6, 6.07) is 16.5. The molecule has 2 saturated heterocycles. The molecule has 5 heterocycles. The molecular formula is C38H44N8O3. The van der Waals surface area contributed by atoms with Gasteiger partial charge in [-0.2, -0.15) is 19.6 Å². The molecule has 0 saturated carbocycles. The maximum Gasteiger partial charge on any atom is 0.230 e. The minimum atomic E-state index is -0.469. The molecule has 2 aliphatic heterocycles. The van der Waals surface area contributed by atoms with E-state index in [1.54, 1.807) is 6.08 Å². The number of fused-ring (bicyclic) bond motifs is 2. The van der Waals surface area contributed by atoms with Gasteiger partial charge in [0.05, 0.1) is 25.1 Å². The van der Waals surface area contributed by atoms with Gasteiger partial charge in [0.25, 0.3) is 0 Å². The normalized spacial score (nSPS) is 16.2. The van der Waals surface area contributed by atoms with Crippen molar-refractivity contribution < 1.29 is 14.3 Å². The van der Waals surface area contributed by atoms with Crippen LogP contribution in [0.15, 0.2) is 73.1 Å². The average Bonchev–Trinajstić information content (AvgIpc) is 3.75. The number of hydrogen-bond donors (Lipinski definition) is 1. The van der Waals surface area contributed by atoms with Crippen molar-refractivity contribution in [2.75, 3.05) is 57.2 Å². The zero-order valence-corrected chi connectivity index (χ0v) is 28.7. The van der Waals surface area contributed by atoms with Gasteiger partial charge in [0.1, 0.15) is 0 Å². The van der Waals surface area contributed by atoms with Gasteiger partial charge >= 0.3 is 0 Å². The smallest absolute Gasteiger partial charge is 0.230 e. The number of hydrogen-bond acceptors (Lipinski definition) is 10. The van der Waals surface area contributed by atoms with Crippen molar-refractivity contribution in [3.05, 3.63) is 89.8 Å². The van der Waals surface area contributed by atoms with Crippen molar-refractivity contribution in [2.45, 2.75) is 51.4 Å². The number of ether oxygens (including phenoxy) is 2. The van der Waals surface area contributed by atoms with E-state index in [1.807, 2.05) is 66.2 Å². The van der Waals surface area contributed by atoms with Gasteiger partial charge in [-0.1, -0.05) is 62.4 Å². The highest BCUT2D eigenvalue weighted by Gasteiger charge is 2.40. The Labute approximate surface area is 287 Å². The number of carbonyl (C=O) groups is 1. The first-order valence-electron chi connectivity index (χ1n) is 17.1. The van der Waals surface area contributed by atoms with E-state index >= 15 is 0 Å². The molecular weight excluding hydrogens is 616 g/mol. The second kappa shape index (κ2) is 14.0. The van der Waals surface area contributed by atoms with E-state index in [2.05, 4.69) is 48.3 Å². The maximum atomic E-state index is 12.6. The first-order valence-corrected chi connectivity index (χ1v) is 17.1. The van der Waals surface area contributed by atoms with Crippen LogP contribution in [-0.2, 0) is 27.2 Å². The summed E-state index contributed by atoms with van der Waals surface area (Å²) in [7, 11) is 3.97.